The van der Waals surface area contributed by atoms with Crippen molar-refractivity contribution >= 4 is 0 Å². The Hall–Kier alpha value is -1.56. The minimum atomic E-state index is -0.517. The molecule has 0 atom stereocenters. The largest absolute Gasteiger partial charge is 0.491 e. The fourth-order valence-corrected chi connectivity index (χ4v) is 0.812. The fourth-order valence-electron chi connectivity index (χ4n) is 0.812. The van der Waals surface area contributed by atoms with Crippen molar-refractivity contribution in [2.45, 2.75) is 0 Å². The molecule has 0 amide bonds. The zero-order valence-corrected chi connectivity index (χ0v) is 6.46. The molecule has 1 aromatic rings. The van der Waals surface area contributed by atoms with Crippen LogP contribution in [0.25, 0.3) is 0 Å². The van der Waals surface area contributed by atoms with E-state index in [9.17, 15) is 4.39 Å². The normalized spacial score (nSPS) is 9.00. The van der Waals surface area contributed by atoms with Gasteiger partial charge in [-0.1, -0.05) is 6.07 Å². The van der Waals surface area contributed by atoms with Crippen LogP contribution in [0.1, 0.15) is 5.56 Å². The molecule has 0 heterocycles. The van der Waals surface area contributed by atoms with Crippen LogP contribution in [0.5, 0.6) is 5.75 Å². The van der Waals surface area contributed by atoms with E-state index in [0.717, 1.165) is 0 Å². The second-order valence-corrected chi connectivity index (χ2v) is 2.18. The maximum atomic E-state index is 11.7. The van der Waals surface area contributed by atoms with Crippen LogP contribution in [0.4, 0.5) is 4.39 Å². The van der Waals surface area contributed by atoms with Crippen LogP contribution in [-0.4, -0.2) is 13.3 Å². The van der Waals surface area contributed by atoms with E-state index >= 15 is 0 Å². The van der Waals surface area contributed by atoms with E-state index in [2.05, 4.69) is 0 Å². The Kier molecular flexibility index (Phi) is 3.09. The summed E-state index contributed by atoms with van der Waals surface area (Å²) < 4.78 is 16.6. The number of hydrogen-bond acceptors (Lipinski definition) is 2. The highest BCUT2D eigenvalue weighted by atomic mass is 19.1. The predicted octanol–water partition coefficient (Wildman–Crippen LogP) is 1.91. The van der Waals surface area contributed by atoms with Crippen LogP contribution in [0.3, 0.4) is 0 Å². The molecule has 0 aliphatic rings. The van der Waals surface area contributed by atoms with Gasteiger partial charge in [-0.25, -0.2) is 4.39 Å². The quantitative estimate of drug-likeness (QED) is 0.685. The summed E-state index contributed by atoms with van der Waals surface area (Å²) in [4.78, 5) is 0. The first-order valence-corrected chi connectivity index (χ1v) is 3.56. The molecule has 1 aromatic carbocycles. The number of rotatable bonds is 3. The summed E-state index contributed by atoms with van der Waals surface area (Å²) in [6, 6.07) is 8.61. The van der Waals surface area contributed by atoms with Crippen LogP contribution in [-0.2, 0) is 0 Å². The van der Waals surface area contributed by atoms with Crippen molar-refractivity contribution in [3.8, 4) is 11.8 Å². The molecule has 0 aliphatic heterocycles. The summed E-state index contributed by atoms with van der Waals surface area (Å²) in [6.45, 7) is -0.480. The number of benzene rings is 1. The number of nitriles is 1. The molecular weight excluding hydrogens is 157 g/mol. The number of ether oxygens (including phenoxy) is 1. The lowest BCUT2D eigenvalue weighted by atomic mass is 10.2. The number of hydrogen-bond donors (Lipinski definition) is 0. The van der Waals surface area contributed by atoms with Crippen molar-refractivity contribution in [1.82, 2.24) is 0 Å². The average Bonchev–Trinajstić information content (AvgIpc) is 2.15. The molecule has 2 nitrogen and oxygen atoms in total. The number of nitrogens with zero attached hydrogens (tertiary/aromatic N) is 1. The molecule has 12 heavy (non-hydrogen) atoms. The molecule has 0 aliphatic carbocycles. The second-order valence-electron chi connectivity index (χ2n) is 2.18. The first-order chi connectivity index (χ1) is 5.86. The Labute approximate surface area is 70.2 Å². The third-order valence-electron chi connectivity index (χ3n) is 1.31. The molecule has 0 N–H and O–H groups in total. The Balaban J connectivity index is 2.68. The Bertz CT molecular complexity index is 293. The maximum Gasteiger partial charge on any atom is 0.123 e. The van der Waals surface area contributed by atoms with Crippen molar-refractivity contribution in [2.24, 2.45) is 0 Å². The van der Waals surface area contributed by atoms with Gasteiger partial charge in [0.2, 0.25) is 0 Å². The van der Waals surface area contributed by atoms with E-state index in [1.807, 2.05) is 6.07 Å². The number of halogens is 1. The molecule has 3 heteroatoms. The van der Waals surface area contributed by atoms with Crippen LogP contribution in [0.2, 0.25) is 0 Å². The van der Waals surface area contributed by atoms with Gasteiger partial charge in [0.15, 0.2) is 0 Å². The molecular formula is C9H8FNO. The van der Waals surface area contributed by atoms with Gasteiger partial charge in [-0.3, -0.25) is 0 Å². The maximum absolute atomic E-state index is 11.7. The summed E-state index contributed by atoms with van der Waals surface area (Å²) >= 11 is 0. The Morgan fingerprint density at radius 1 is 1.50 bits per heavy atom. The first kappa shape index (κ1) is 8.54. The lowest BCUT2D eigenvalue weighted by Crippen LogP contribution is -1.98. The smallest absolute Gasteiger partial charge is 0.123 e. The summed E-state index contributed by atoms with van der Waals surface area (Å²) in [6.07, 6.45) is 0. The summed E-state index contributed by atoms with van der Waals surface area (Å²) in [5.41, 5.74) is 0.520. The topological polar surface area (TPSA) is 33.0 Å². The highest BCUT2D eigenvalue weighted by Gasteiger charge is 1.94. The van der Waals surface area contributed by atoms with Gasteiger partial charge in [-0.05, 0) is 18.2 Å². The SMILES string of the molecule is N#Cc1cccc(OCCF)c1. The van der Waals surface area contributed by atoms with Gasteiger partial charge in [-0.15, -0.1) is 0 Å². The summed E-state index contributed by atoms with van der Waals surface area (Å²) in [7, 11) is 0. The molecule has 0 unspecified atom stereocenters. The van der Waals surface area contributed by atoms with E-state index < -0.39 is 6.67 Å². The van der Waals surface area contributed by atoms with E-state index in [-0.39, 0.29) is 6.61 Å². The molecule has 1 rings (SSSR count). The van der Waals surface area contributed by atoms with Crippen molar-refractivity contribution in [1.29, 1.82) is 5.26 Å². The summed E-state index contributed by atoms with van der Waals surface area (Å²) in [5.74, 6) is 0.534. The summed E-state index contributed by atoms with van der Waals surface area (Å²) in [5, 5.41) is 8.51. The molecule has 0 spiro atoms. The lowest BCUT2D eigenvalue weighted by Gasteiger charge is -2.02. The van der Waals surface area contributed by atoms with E-state index in [1.165, 1.54) is 0 Å². The molecule has 0 saturated heterocycles. The van der Waals surface area contributed by atoms with Crippen LogP contribution < -0.4 is 4.74 Å². The molecule has 0 saturated carbocycles. The van der Waals surface area contributed by atoms with Gasteiger partial charge in [0, 0.05) is 0 Å². The van der Waals surface area contributed by atoms with E-state index in [0.29, 0.717) is 11.3 Å². The lowest BCUT2D eigenvalue weighted by molar-refractivity contribution is 0.273. The zero-order chi connectivity index (χ0) is 8.81. The second kappa shape index (κ2) is 4.35. The van der Waals surface area contributed by atoms with Gasteiger partial charge in [0.25, 0.3) is 0 Å². The Morgan fingerprint density at radius 2 is 2.33 bits per heavy atom. The molecule has 62 valence electrons. The van der Waals surface area contributed by atoms with Crippen molar-refractivity contribution in [3.63, 3.8) is 0 Å². The van der Waals surface area contributed by atoms with Gasteiger partial charge >= 0.3 is 0 Å². The minimum absolute atomic E-state index is 0.0366. The van der Waals surface area contributed by atoms with Crippen LogP contribution in [0.15, 0.2) is 24.3 Å². The number of alkyl halides is 1. The van der Waals surface area contributed by atoms with Crippen LogP contribution in [0, 0.1) is 11.3 Å². The van der Waals surface area contributed by atoms with Gasteiger partial charge < -0.3 is 4.74 Å². The Morgan fingerprint density at radius 3 is 3.00 bits per heavy atom. The standard InChI is InChI=1S/C9H8FNO/c10-4-5-12-9-3-1-2-8(6-9)7-11/h1-3,6H,4-5H2. The van der Waals surface area contributed by atoms with Crippen molar-refractivity contribution in [3.05, 3.63) is 29.8 Å². The fraction of sp³-hybridized carbons (Fsp3) is 0.222. The zero-order valence-electron chi connectivity index (χ0n) is 6.46. The highest BCUT2D eigenvalue weighted by molar-refractivity contribution is 5.36. The van der Waals surface area contributed by atoms with Gasteiger partial charge in [0.1, 0.15) is 19.0 Å². The van der Waals surface area contributed by atoms with Crippen LogP contribution >= 0.6 is 0 Å². The molecule has 0 aromatic heterocycles. The minimum Gasteiger partial charge on any atom is -0.491 e. The van der Waals surface area contributed by atoms with Crippen molar-refractivity contribution in [2.75, 3.05) is 13.3 Å². The highest BCUT2D eigenvalue weighted by Crippen LogP contribution is 2.11. The third-order valence-corrected chi connectivity index (χ3v) is 1.31. The van der Waals surface area contributed by atoms with Gasteiger partial charge in [-0.2, -0.15) is 5.26 Å². The van der Waals surface area contributed by atoms with Gasteiger partial charge in [0.05, 0.1) is 11.6 Å². The van der Waals surface area contributed by atoms with E-state index in [4.69, 9.17) is 10.00 Å². The molecule has 0 bridgehead atoms. The van der Waals surface area contributed by atoms with E-state index in [1.54, 1.807) is 24.3 Å². The monoisotopic (exact) mass is 165 g/mol. The first-order valence-electron chi connectivity index (χ1n) is 3.56. The average molecular weight is 165 g/mol. The van der Waals surface area contributed by atoms with Crippen molar-refractivity contribution < 1.29 is 9.13 Å². The predicted molar refractivity (Wildman–Crippen MR) is 42.6 cm³/mol. The molecule has 0 fully saturated rings. The third kappa shape index (κ3) is 2.24. The molecule has 0 radical (unpaired) electrons.